The molecule has 0 saturated heterocycles. The van der Waals surface area contributed by atoms with Crippen molar-refractivity contribution in [2.75, 3.05) is 5.32 Å². The molecule has 0 bridgehead atoms. The Labute approximate surface area is 207 Å². The average molecular weight is 492 g/mol. The fraction of sp³-hybridized carbons (Fsp3) is 0.385. The van der Waals surface area contributed by atoms with E-state index in [-0.39, 0.29) is 18.3 Å². The van der Waals surface area contributed by atoms with Crippen LogP contribution in [0.25, 0.3) is 20.8 Å². The minimum Gasteiger partial charge on any atom is -0.390 e. The summed E-state index contributed by atoms with van der Waals surface area (Å²) in [5, 5.41) is 36.3. The fourth-order valence-electron chi connectivity index (χ4n) is 4.82. The largest absolute Gasteiger partial charge is 0.390 e. The lowest BCUT2D eigenvalue weighted by Crippen LogP contribution is -2.51. The molecule has 2 aliphatic rings. The summed E-state index contributed by atoms with van der Waals surface area (Å²) in [7, 11) is 0. The van der Waals surface area contributed by atoms with Crippen LogP contribution in [0, 0.1) is 12.8 Å². The number of aliphatic hydroxyl groups excluding tert-OH is 1. The number of nitrogens with one attached hydrogen (secondary N) is 1. The first-order valence-electron chi connectivity index (χ1n) is 11.8. The number of rotatable bonds is 7. The van der Waals surface area contributed by atoms with E-state index in [1.807, 2.05) is 62.4 Å². The summed E-state index contributed by atoms with van der Waals surface area (Å²) in [5.41, 5.74) is -0.463. The van der Waals surface area contributed by atoms with Crippen molar-refractivity contribution >= 4 is 39.0 Å². The van der Waals surface area contributed by atoms with Crippen LogP contribution in [0.5, 0.6) is 0 Å². The number of aliphatic hydroxyl groups is 3. The van der Waals surface area contributed by atoms with Gasteiger partial charge in [-0.05, 0) is 51.3 Å². The number of hydrogen-bond donors (Lipinski definition) is 4. The third kappa shape index (κ3) is 4.08. The maximum absolute atomic E-state index is 11.4. The predicted octanol–water partition coefficient (Wildman–Crippen LogP) is 4.29. The first kappa shape index (κ1) is 23.7. The lowest BCUT2D eigenvalue weighted by Gasteiger charge is -2.32. The molecule has 5 rings (SSSR count). The van der Waals surface area contributed by atoms with Gasteiger partial charge in [-0.1, -0.05) is 37.3 Å². The van der Waals surface area contributed by atoms with Gasteiger partial charge >= 0.3 is 0 Å². The summed E-state index contributed by atoms with van der Waals surface area (Å²) >= 11 is 1.50. The van der Waals surface area contributed by atoms with Crippen LogP contribution >= 0.6 is 11.3 Å². The summed E-state index contributed by atoms with van der Waals surface area (Å²) in [6, 6.07) is 7.84. The third-order valence-electron chi connectivity index (χ3n) is 6.78. The molecule has 182 valence electrons. The highest BCUT2D eigenvalue weighted by atomic mass is 32.1. The van der Waals surface area contributed by atoms with Crippen molar-refractivity contribution < 1.29 is 15.3 Å². The zero-order chi connectivity index (χ0) is 24.8. The number of aliphatic imine (C=N–C) groups is 1. The Morgan fingerprint density at radius 3 is 2.74 bits per heavy atom. The summed E-state index contributed by atoms with van der Waals surface area (Å²) in [5.74, 6) is 0.210. The Morgan fingerprint density at radius 1 is 1.23 bits per heavy atom. The number of hydrogen-bond acceptors (Lipinski definition) is 9. The summed E-state index contributed by atoms with van der Waals surface area (Å²) in [6.45, 7) is 5.79. The molecule has 4 unspecified atom stereocenters. The molecule has 2 fully saturated rings. The van der Waals surface area contributed by atoms with Gasteiger partial charge in [-0.2, -0.15) is 4.98 Å². The van der Waals surface area contributed by atoms with Crippen molar-refractivity contribution in [3.63, 3.8) is 0 Å². The van der Waals surface area contributed by atoms with Crippen LogP contribution in [-0.4, -0.2) is 53.4 Å². The minimum atomic E-state index is -1.72. The number of allylic oxidation sites excluding steroid dienone is 4. The van der Waals surface area contributed by atoms with Gasteiger partial charge < -0.3 is 20.6 Å². The van der Waals surface area contributed by atoms with Crippen LogP contribution in [0.15, 0.2) is 53.6 Å². The zero-order valence-corrected chi connectivity index (χ0v) is 20.8. The molecule has 4 atom stereocenters. The molecule has 3 aromatic rings. The van der Waals surface area contributed by atoms with E-state index in [1.165, 1.54) is 11.3 Å². The molecule has 2 saturated carbocycles. The third-order valence-corrected chi connectivity index (χ3v) is 7.83. The molecule has 9 heteroatoms. The van der Waals surface area contributed by atoms with E-state index in [1.54, 1.807) is 0 Å². The van der Waals surface area contributed by atoms with Gasteiger partial charge in [0.2, 0.25) is 0 Å². The SMILES string of the molecule is CCC=C/C=C\C(C)=Nc1nc(C)c(-c2nc3ccccc3s2)c(NC2(O)CCC3C(O)C32O)n1. The van der Waals surface area contributed by atoms with Crippen molar-refractivity contribution in [2.45, 2.75) is 57.5 Å². The molecule has 0 aliphatic heterocycles. The van der Waals surface area contributed by atoms with E-state index in [0.29, 0.717) is 28.5 Å². The number of benzene rings is 1. The van der Waals surface area contributed by atoms with E-state index in [0.717, 1.165) is 22.3 Å². The Balaban J connectivity index is 1.58. The molecule has 2 aromatic heterocycles. The summed E-state index contributed by atoms with van der Waals surface area (Å²) in [6.07, 6.45) is 8.58. The molecule has 2 aliphatic carbocycles. The monoisotopic (exact) mass is 491 g/mol. The Hall–Kier alpha value is -2.98. The highest BCUT2D eigenvalue weighted by Gasteiger charge is 2.78. The average Bonchev–Trinajstić information content (AvgIpc) is 3.10. The molecular weight excluding hydrogens is 462 g/mol. The Bertz CT molecular complexity index is 1330. The van der Waals surface area contributed by atoms with Crippen LogP contribution in [0.2, 0.25) is 0 Å². The van der Waals surface area contributed by atoms with Crippen molar-refractivity contribution in [3.05, 3.63) is 54.3 Å². The molecule has 2 heterocycles. The van der Waals surface area contributed by atoms with E-state index in [4.69, 9.17) is 4.98 Å². The van der Waals surface area contributed by atoms with E-state index in [9.17, 15) is 15.3 Å². The van der Waals surface area contributed by atoms with Crippen molar-refractivity contribution in [1.82, 2.24) is 15.0 Å². The van der Waals surface area contributed by atoms with Crippen molar-refractivity contribution in [1.29, 1.82) is 0 Å². The first-order chi connectivity index (χ1) is 16.8. The second-order valence-electron chi connectivity index (χ2n) is 9.17. The van der Waals surface area contributed by atoms with Gasteiger partial charge in [0.05, 0.1) is 27.6 Å². The number of fused-ring (bicyclic) bond motifs is 2. The topological polar surface area (TPSA) is 124 Å². The van der Waals surface area contributed by atoms with Gasteiger partial charge in [0, 0.05) is 11.6 Å². The number of aryl methyl sites for hydroxylation is 1. The predicted molar refractivity (Wildman–Crippen MR) is 139 cm³/mol. The van der Waals surface area contributed by atoms with Crippen LogP contribution in [-0.2, 0) is 0 Å². The first-order valence-corrected chi connectivity index (χ1v) is 12.6. The lowest BCUT2D eigenvalue weighted by atomic mass is 10.0. The summed E-state index contributed by atoms with van der Waals surface area (Å²) in [4.78, 5) is 18.5. The molecule has 0 spiro atoms. The maximum Gasteiger partial charge on any atom is 0.251 e. The molecule has 8 nitrogen and oxygen atoms in total. The Kier molecular flexibility index (Phi) is 6.04. The quantitative estimate of drug-likeness (QED) is 0.221. The molecule has 35 heavy (non-hydrogen) atoms. The highest BCUT2D eigenvalue weighted by Crippen LogP contribution is 2.61. The molecule has 0 radical (unpaired) electrons. The van der Waals surface area contributed by atoms with Crippen molar-refractivity contribution in [2.24, 2.45) is 10.9 Å². The minimum absolute atomic E-state index is 0.234. The van der Waals surface area contributed by atoms with Crippen LogP contribution in [0.3, 0.4) is 0 Å². The normalized spacial score (nSPS) is 28.3. The fourth-order valence-corrected chi connectivity index (χ4v) is 5.88. The van der Waals surface area contributed by atoms with Crippen LogP contribution < -0.4 is 5.32 Å². The van der Waals surface area contributed by atoms with Crippen LogP contribution in [0.4, 0.5) is 11.8 Å². The standard InChI is InChI=1S/C26H29N5O3S/c1-4-5-6-7-10-15(2)27-24-28-16(3)20(23-29-18-11-8-9-12-19(18)35-23)22(30-24)31-25(33)14-13-17-21(32)26(17,25)34/h5-12,17,21,32-34H,4,13-14H2,1-3H3,(H,28,30,31)/b6-5?,10-7-,27-15?. The number of nitrogens with zero attached hydrogens (tertiary/aromatic N) is 4. The van der Waals surface area contributed by atoms with Gasteiger partial charge in [-0.3, -0.25) is 0 Å². The number of para-hydroxylation sites is 1. The smallest absolute Gasteiger partial charge is 0.251 e. The molecular formula is C26H29N5O3S. The maximum atomic E-state index is 11.4. The Morgan fingerprint density at radius 2 is 2.03 bits per heavy atom. The van der Waals surface area contributed by atoms with Gasteiger partial charge in [-0.25, -0.2) is 15.0 Å². The van der Waals surface area contributed by atoms with Gasteiger partial charge in [0.25, 0.3) is 5.95 Å². The molecule has 0 amide bonds. The summed E-state index contributed by atoms with van der Waals surface area (Å²) < 4.78 is 1.02. The number of aromatic nitrogens is 3. The zero-order valence-electron chi connectivity index (χ0n) is 19.9. The van der Waals surface area contributed by atoms with E-state index >= 15 is 0 Å². The molecule has 1 aromatic carbocycles. The van der Waals surface area contributed by atoms with E-state index in [2.05, 4.69) is 27.2 Å². The van der Waals surface area contributed by atoms with Crippen LogP contribution in [0.1, 0.15) is 38.8 Å². The van der Waals surface area contributed by atoms with E-state index < -0.39 is 17.4 Å². The van der Waals surface area contributed by atoms with Gasteiger partial charge in [-0.15, -0.1) is 11.3 Å². The highest BCUT2D eigenvalue weighted by molar-refractivity contribution is 7.21. The number of thiazole rings is 1. The lowest BCUT2D eigenvalue weighted by molar-refractivity contribution is -0.0851. The van der Waals surface area contributed by atoms with Crippen molar-refractivity contribution in [3.8, 4) is 10.6 Å². The molecule has 4 N–H and O–H groups in total. The van der Waals surface area contributed by atoms with Gasteiger partial charge in [0.15, 0.2) is 5.72 Å². The second-order valence-corrected chi connectivity index (χ2v) is 10.2. The van der Waals surface area contributed by atoms with Gasteiger partial charge in [0.1, 0.15) is 16.4 Å². The number of anilines is 1. The second kappa shape index (κ2) is 8.91.